The summed E-state index contributed by atoms with van der Waals surface area (Å²) in [6.07, 6.45) is 2.75. The predicted molar refractivity (Wildman–Crippen MR) is 125 cm³/mol. The van der Waals surface area contributed by atoms with Crippen molar-refractivity contribution in [3.05, 3.63) is 78.4 Å². The maximum atomic E-state index is 13.2. The van der Waals surface area contributed by atoms with Crippen molar-refractivity contribution in [1.29, 1.82) is 0 Å². The topological polar surface area (TPSA) is 75.7 Å². The van der Waals surface area contributed by atoms with E-state index in [0.29, 0.717) is 30.1 Å². The number of nitrogens with zero attached hydrogens (tertiary/aromatic N) is 1. The van der Waals surface area contributed by atoms with Gasteiger partial charge in [0.25, 0.3) is 5.91 Å². The molecule has 32 heavy (non-hydrogen) atoms. The predicted octanol–water partition coefficient (Wildman–Crippen LogP) is 4.79. The molecule has 0 unspecified atom stereocenters. The molecular weight excluding hydrogens is 424 g/mol. The van der Waals surface area contributed by atoms with Crippen LogP contribution in [0.4, 0.5) is 5.69 Å². The smallest absolute Gasteiger partial charge is 0.256 e. The Morgan fingerprint density at radius 1 is 0.906 bits per heavy atom. The molecular formula is C25H26N2O4S. The van der Waals surface area contributed by atoms with Crippen LogP contribution < -0.4 is 10.1 Å². The molecule has 1 heterocycles. The molecule has 4 rings (SSSR count). The molecule has 6 nitrogen and oxygen atoms in total. The number of methoxy groups -OCH3 is 1. The first kappa shape index (κ1) is 22.0. The molecule has 0 aliphatic carbocycles. The summed E-state index contributed by atoms with van der Waals surface area (Å²) < 4.78 is 33.1. The van der Waals surface area contributed by atoms with Gasteiger partial charge >= 0.3 is 0 Å². The second kappa shape index (κ2) is 9.54. The molecule has 0 saturated carbocycles. The van der Waals surface area contributed by atoms with Crippen LogP contribution in [0.5, 0.6) is 5.75 Å². The van der Waals surface area contributed by atoms with Crippen molar-refractivity contribution in [3.63, 3.8) is 0 Å². The number of amides is 1. The summed E-state index contributed by atoms with van der Waals surface area (Å²) in [4.78, 5) is 13.4. The van der Waals surface area contributed by atoms with Crippen molar-refractivity contribution in [3.8, 4) is 16.9 Å². The van der Waals surface area contributed by atoms with E-state index in [2.05, 4.69) is 5.32 Å². The van der Waals surface area contributed by atoms with E-state index in [9.17, 15) is 13.2 Å². The average molecular weight is 451 g/mol. The van der Waals surface area contributed by atoms with Crippen molar-refractivity contribution < 1.29 is 17.9 Å². The summed E-state index contributed by atoms with van der Waals surface area (Å²) in [6, 6.07) is 21.5. The highest BCUT2D eigenvalue weighted by Gasteiger charge is 2.27. The van der Waals surface area contributed by atoms with E-state index in [4.69, 9.17) is 4.74 Å². The number of anilines is 1. The summed E-state index contributed by atoms with van der Waals surface area (Å²) in [7, 11) is -2.15. The van der Waals surface area contributed by atoms with Crippen molar-refractivity contribution in [2.45, 2.75) is 24.2 Å². The lowest BCUT2D eigenvalue weighted by molar-refractivity contribution is 0.102. The summed E-state index contributed by atoms with van der Waals surface area (Å²) in [6.45, 7) is 1.03. The van der Waals surface area contributed by atoms with E-state index in [0.717, 1.165) is 30.4 Å². The van der Waals surface area contributed by atoms with Crippen molar-refractivity contribution >= 4 is 21.6 Å². The monoisotopic (exact) mass is 450 g/mol. The fourth-order valence-electron chi connectivity index (χ4n) is 3.94. The van der Waals surface area contributed by atoms with Crippen LogP contribution in [0.2, 0.25) is 0 Å². The Morgan fingerprint density at radius 2 is 1.59 bits per heavy atom. The zero-order chi connectivity index (χ0) is 22.6. The van der Waals surface area contributed by atoms with Gasteiger partial charge in [-0.1, -0.05) is 55.0 Å². The van der Waals surface area contributed by atoms with E-state index in [-0.39, 0.29) is 10.8 Å². The van der Waals surface area contributed by atoms with Crippen LogP contribution in [0.3, 0.4) is 0 Å². The third-order valence-electron chi connectivity index (χ3n) is 5.63. The number of carbonyl (C=O) groups is 1. The molecule has 3 aromatic carbocycles. The summed E-state index contributed by atoms with van der Waals surface area (Å²) in [5.74, 6) is 0.0587. The van der Waals surface area contributed by atoms with Crippen LogP contribution in [0.15, 0.2) is 77.7 Å². The lowest BCUT2D eigenvalue weighted by Crippen LogP contribution is -2.35. The standard InChI is InChI=1S/C25H26N2O4S/c1-31-24-15-14-20(32(29,30)27-16-8-3-9-17-27)18-23(24)26-25(28)22-13-7-6-12-21(22)19-10-4-2-5-11-19/h2,4-7,10-15,18H,3,8-9,16-17H2,1H3,(H,26,28). The van der Waals surface area contributed by atoms with Gasteiger partial charge in [-0.05, 0) is 48.2 Å². The first-order valence-corrected chi connectivity index (χ1v) is 12.1. The maximum Gasteiger partial charge on any atom is 0.256 e. The molecule has 0 spiro atoms. The number of benzene rings is 3. The zero-order valence-corrected chi connectivity index (χ0v) is 18.8. The first-order valence-electron chi connectivity index (χ1n) is 10.6. The Morgan fingerprint density at radius 3 is 2.31 bits per heavy atom. The Kier molecular flexibility index (Phi) is 6.58. The third kappa shape index (κ3) is 4.54. The molecule has 0 atom stereocenters. The summed E-state index contributed by atoms with van der Waals surface area (Å²) in [5.41, 5.74) is 2.52. The fraction of sp³-hybridized carbons (Fsp3) is 0.240. The van der Waals surface area contributed by atoms with E-state index >= 15 is 0 Å². The van der Waals surface area contributed by atoms with E-state index in [1.165, 1.54) is 23.5 Å². The Balaban J connectivity index is 1.66. The number of sulfonamides is 1. The largest absolute Gasteiger partial charge is 0.495 e. The Labute approximate surface area is 188 Å². The molecule has 1 aliphatic heterocycles. The molecule has 1 N–H and O–H groups in total. The van der Waals surface area contributed by atoms with Crippen molar-refractivity contribution in [2.24, 2.45) is 0 Å². The normalized spacial score (nSPS) is 14.7. The molecule has 7 heteroatoms. The lowest BCUT2D eigenvalue weighted by atomic mass is 9.99. The van der Waals surface area contributed by atoms with Crippen molar-refractivity contribution in [2.75, 3.05) is 25.5 Å². The second-order valence-corrected chi connectivity index (χ2v) is 9.63. The Hall–Kier alpha value is -3.16. The van der Waals surface area contributed by atoms with Gasteiger partial charge in [0, 0.05) is 18.7 Å². The highest BCUT2D eigenvalue weighted by atomic mass is 32.2. The molecule has 0 bridgehead atoms. The van der Waals surface area contributed by atoms with Crippen LogP contribution in [0.25, 0.3) is 11.1 Å². The minimum atomic E-state index is -3.63. The average Bonchev–Trinajstić information content (AvgIpc) is 2.85. The zero-order valence-electron chi connectivity index (χ0n) is 18.0. The quantitative estimate of drug-likeness (QED) is 0.586. The highest BCUT2D eigenvalue weighted by molar-refractivity contribution is 7.89. The van der Waals surface area contributed by atoms with Gasteiger partial charge in [0.05, 0.1) is 17.7 Å². The van der Waals surface area contributed by atoms with E-state index in [1.54, 1.807) is 18.2 Å². The van der Waals surface area contributed by atoms with Gasteiger partial charge in [-0.25, -0.2) is 8.42 Å². The number of piperidine rings is 1. The first-order chi connectivity index (χ1) is 15.5. The molecule has 1 aliphatic rings. The number of ether oxygens (including phenoxy) is 1. The number of carbonyl (C=O) groups excluding carboxylic acids is 1. The molecule has 1 amide bonds. The van der Waals surface area contributed by atoms with Crippen LogP contribution in [0.1, 0.15) is 29.6 Å². The van der Waals surface area contributed by atoms with Gasteiger partial charge in [0.1, 0.15) is 5.75 Å². The van der Waals surface area contributed by atoms with Gasteiger partial charge in [-0.15, -0.1) is 0 Å². The highest BCUT2D eigenvalue weighted by Crippen LogP contribution is 2.31. The van der Waals surface area contributed by atoms with Crippen LogP contribution in [-0.4, -0.2) is 38.8 Å². The van der Waals surface area contributed by atoms with Gasteiger partial charge in [0.2, 0.25) is 10.0 Å². The molecule has 166 valence electrons. The maximum absolute atomic E-state index is 13.2. The number of hydrogen-bond acceptors (Lipinski definition) is 4. The Bertz CT molecular complexity index is 1200. The summed E-state index contributed by atoms with van der Waals surface area (Å²) in [5, 5.41) is 2.86. The minimum Gasteiger partial charge on any atom is -0.495 e. The number of hydrogen-bond donors (Lipinski definition) is 1. The molecule has 1 saturated heterocycles. The SMILES string of the molecule is COc1ccc(S(=O)(=O)N2CCCCC2)cc1NC(=O)c1ccccc1-c1ccccc1. The fourth-order valence-corrected chi connectivity index (χ4v) is 5.48. The van der Waals surface area contributed by atoms with E-state index in [1.807, 2.05) is 42.5 Å². The van der Waals surface area contributed by atoms with Gasteiger partial charge in [0.15, 0.2) is 0 Å². The molecule has 0 aromatic heterocycles. The molecule has 1 fully saturated rings. The minimum absolute atomic E-state index is 0.145. The third-order valence-corrected chi connectivity index (χ3v) is 7.52. The van der Waals surface area contributed by atoms with Crippen LogP contribution >= 0.6 is 0 Å². The second-order valence-electron chi connectivity index (χ2n) is 7.69. The number of rotatable bonds is 6. The lowest BCUT2D eigenvalue weighted by Gasteiger charge is -2.26. The molecule has 0 radical (unpaired) electrons. The number of nitrogens with one attached hydrogen (secondary N) is 1. The van der Waals surface area contributed by atoms with Crippen LogP contribution in [0, 0.1) is 0 Å². The molecule has 3 aromatic rings. The van der Waals surface area contributed by atoms with E-state index < -0.39 is 10.0 Å². The van der Waals surface area contributed by atoms with Gasteiger partial charge in [-0.2, -0.15) is 4.31 Å². The van der Waals surface area contributed by atoms with Crippen molar-refractivity contribution in [1.82, 2.24) is 4.31 Å². The van der Waals surface area contributed by atoms with Gasteiger partial charge < -0.3 is 10.1 Å². The van der Waals surface area contributed by atoms with Crippen LogP contribution in [-0.2, 0) is 10.0 Å². The van der Waals surface area contributed by atoms with Gasteiger partial charge in [-0.3, -0.25) is 4.79 Å². The summed E-state index contributed by atoms with van der Waals surface area (Å²) >= 11 is 0.